The summed E-state index contributed by atoms with van der Waals surface area (Å²) in [7, 11) is 0. The van der Waals surface area contributed by atoms with E-state index in [4.69, 9.17) is 11.6 Å². The summed E-state index contributed by atoms with van der Waals surface area (Å²) in [6.45, 7) is 3.81. The van der Waals surface area contributed by atoms with E-state index >= 15 is 0 Å². The SMILES string of the molecule is CC1CCC(n2cnc(CC(C(=O)ON)N3CC[C@H](N)C3)c2)CC1. The van der Waals surface area contributed by atoms with Crippen molar-refractivity contribution in [3.05, 3.63) is 18.2 Å². The number of hydrogen-bond donors (Lipinski definition) is 2. The molecule has 1 aliphatic heterocycles. The molecular formula is C17H29N5O2. The van der Waals surface area contributed by atoms with Crippen molar-refractivity contribution in [2.75, 3.05) is 13.1 Å². The van der Waals surface area contributed by atoms with Crippen LogP contribution in [0.2, 0.25) is 0 Å². The highest BCUT2D eigenvalue weighted by Gasteiger charge is 2.33. The van der Waals surface area contributed by atoms with Gasteiger partial charge in [-0.15, -0.1) is 0 Å². The molecule has 1 saturated carbocycles. The second-order valence-electron chi connectivity index (χ2n) is 7.43. The van der Waals surface area contributed by atoms with Gasteiger partial charge in [0.2, 0.25) is 0 Å². The number of rotatable bonds is 5. The van der Waals surface area contributed by atoms with Crippen LogP contribution in [0.1, 0.15) is 50.8 Å². The molecule has 7 nitrogen and oxygen atoms in total. The summed E-state index contributed by atoms with van der Waals surface area (Å²) in [6.07, 6.45) is 10.3. The van der Waals surface area contributed by atoms with Crippen LogP contribution < -0.4 is 11.6 Å². The Balaban J connectivity index is 1.65. The topological polar surface area (TPSA) is 99.4 Å². The summed E-state index contributed by atoms with van der Waals surface area (Å²) < 4.78 is 2.21. The molecule has 2 heterocycles. The Kier molecular flexibility index (Phi) is 5.53. The molecule has 7 heteroatoms. The van der Waals surface area contributed by atoms with Gasteiger partial charge in [0.05, 0.1) is 12.0 Å². The maximum absolute atomic E-state index is 12.1. The van der Waals surface area contributed by atoms with Crippen LogP contribution in [0, 0.1) is 5.92 Å². The average molecular weight is 335 g/mol. The Morgan fingerprint density at radius 3 is 2.75 bits per heavy atom. The van der Waals surface area contributed by atoms with Crippen LogP contribution in [0.5, 0.6) is 0 Å². The molecule has 1 aromatic heterocycles. The number of aromatic nitrogens is 2. The molecule has 1 aromatic rings. The smallest absolute Gasteiger partial charge is 0.342 e. The first-order valence-electron chi connectivity index (χ1n) is 8.99. The molecule has 0 amide bonds. The summed E-state index contributed by atoms with van der Waals surface area (Å²) in [5, 5.41) is 0. The largest absolute Gasteiger partial charge is 0.372 e. The third-order valence-electron chi connectivity index (χ3n) is 5.55. The molecule has 4 N–H and O–H groups in total. The Hall–Kier alpha value is -1.44. The normalized spacial score (nSPS) is 29.5. The Labute approximate surface area is 143 Å². The standard InChI is InChI=1S/C17H29N5O2/c1-12-2-4-15(5-3-12)22-10-14(20-11-22)8-16(17(23)24-19)21-7-6-13(18)9-21/h10-13,15-16H,2-9,18-19H2,1H3/t12?,13-,15?,16?/m0/s1. The number of nitrogens with two attached hydrogens (primary N) is 2. The molecule has 1 saturated heterocycles. The molecule has 0 bridgehead atoms. The molecule has 24 heavy (non-hydrogen) atoms. The van der Waals surface area contributed by atoms with E-state index in [1.807, 2.05) is 6.33 Å². The summed E-state index contributed by atoms with van der Waals surface area (Å²) in [6, 6.07) is 0.237. The lowest BCUT2D eigenvalue weighted by atomic mass is 9.87. The van der Waals surface area contributed by atoms with Crippen LogP contribution >= 0.6 is 0 Å². The second kappa shape index (κ2) is 7.63. The van der Waals surface area contributed by atoms with E-state index in [-0.39, 0.29) is 6.04 Å². The number of hydrogen-bond acceptors (Lipinski definition) is 6. The van der Waals surface area contributed by atoms with Gasteiger partial charge in [0.25, 0.3) is 0 Å². The molecular weight excluding hydrogens is 306 g/mol. The minimum atomic E-state index is -0.412. The van der Waals surface area contributed by atoms with Crippen molar-refractivity contribution in [1.29, 1.82) is 0 Å². The Bertz CT molecular complexity index is 553. The van der Waals surface area contributed by atoms with Gasteiger partial charge in [0, 0.05) is 37.8 Å². The third kappa shape index (κ3) is 3.96. The zero-order valence-electron chi connectivity index (χ0n) is 14.4. The van der Waals surface area contributed by atoms with Crippen molar-refractivity contribution in [2.45, 2.75) is 63.6 Å². The molecule has 0 aromatic carbocycles. The monoisotopic (exact) mass is 335 g/mol. The summed E-state index contributed by atoms with van der Waals surface area (Å²) in [5.74, 6) is 5.55. The molecule has 0 spiro atoms. The van der Waals surface area contributed by atoms with E-state index in [2.05, 4.69) is 32.4 Å². The molecule has 3 rings (SSSR count). The fraction of sp³-hybridized carbons (Fsp3) is 0.765. The molecule has 2 aliphatic rings. The van der Waals surface area contributed by atoms with Crippen molar-refractivity contribution >= 4 is 5.97 Å². The van der Waals surface area contributed by atoms with Gasteiger partial charge in [0.15, 0.2) is 0 Å². The Morgan fingerprint density at radius 1 is 1.38 bits per heavy atom. The van der Waals surface area contributed by atoms with Gasteiger partial charge in [-0.05, 0) is 38.0 Å². The number of carbonyl (C=O) groups excluding carboxylic acids is 1. The van der Waals surface area contributed by atoms with E-state index in [1.54, 1.807) is 0 Å². The molecule has 1 aliphatic carbocycles. The van der Waals surface area contributed by atoms with Crippen LogP contribution in [0.25, 0.3) is 0 Å². The lowest BCUT2D eigenvalue weighted by Crippen LogP contribution is -2.44. The van der Waals surface area contributed by atoms with Crippen molar-refractivity contribution in [2.24, 2.45) is 17.5 Å². The quantitative estimate of drug-likeness (QED) is 0.779. The lowest BCUT2D eigenvalue weighted by Gasteiger charge is -2.27. The maximum atomic E-state index is 12.1. The van der Waals surface area contributed by atoms with Gasteiger partial charge < -0.3 is 15.1 Å². The summed E-state index contributed by atoms with van der Waals surface area (Å²) >= 11 is 0. The first-order chi connectivity index (χ1) is 11.6. The molecule has 134 valence electrons. The highest BCUT2D eigenvalue weighted by molar-refractivity contribution is 5.75. The summed E-state index contributed by atoms with van der Waals surface area (Å²) in [5.41, 5.74) is 6.87. The number of carbonyl (C=O) groups is 1. The van der Waals surface area contributed by atoms with Gasteiger partial charge in [-0.25, -0.2) is 9.78 Å². The third-order valence-corrected chi connectivity index (χ3v) is 5.55. The molecule has 2 atom stereocenters. The van der Waals surface area contributed by atoms with Crippen molar-refractivity contribution in [1.82, 2.24) is 14.5 Å². The molecule has 2 fully saturated rings. The van der Waals surface area contributed by atoms with Gasteiger partial charge in [-0.2, -0.15) is 5.90 Å². The second-order valence-corrected chi connectivity index (χ2v) is 7.43. The van der Waals surface area contributed by atoms with Crippen LogP contribution in [-0.2, 0) is 16.1 Å². The van der Waals surface area contributed by atoms with Gasteiger partial charge in [0.1, 0.15) is 6.04 Å². The first kappa shape index (κ1) is 17.4. The van der Waals surface area contributed by atoms with E-state index < -0.39 is 12.0 Å². The lowest BCUT2D eigenvalue weighted by molar-refractivity contribution is -0.150. The first-order valence-corrected chi connectivity index (χ1v) is 8.99. The van der Waals surface area contributed by atoms with Crippen LogP contribution in [0.4, 0.5) is 0 Å². The maximum Gasteiger partial charge on any atom is 0.342 e. The van der Waals surface area contributed by atoms with Gasteiger partial charge in [-0.3, -0.25) is 4.90 Å². The minimum absolute atomic E-state index is 0.111. The van der Waals surface area contributed by atoms with Crippen molar-refractivity contribution in [3.8, 4) is 0 Å². The summed E-state index contributed by atoms with van der Waals surface area (Å²) in [4.78, 5) is 23.2. The van der Waals surface area contributed by atoms with Crippen LogP contribution in [0.15, 0.2) is 12.5 Å². The van der Waals surface area contributed by atoms with E-state index in [0.717, 1.165) is 24.6 Å². The molecule has 1 unspecified atom stereocenters. The zero-order chi connectivity index (χ0) is 17.1. The van der Waals surface area contributed by atoms with Crippen LogP contribution in [-0.4, -0.2) is 45.6 Å². The predicted molar refractivity (Wildman–Crippen MR) is 90.8 cm³/mol. The van der Waals surface area contributed by atoms with E-state index in [9.17, 15) is 4.79 Å². The fourth-order valence-corrected chi connectivity index (χ4v) is 3.96. The van der Waals surface area contributed by atoms with Gasteiger partial charge >= 0.3 is 5.97 Å². The Morgan fingerprint density at radius 2 is 2.12 bits per heavy atom. The van der Waals surface area contributed by atoms with Crippen molar-refractivity contribution < 1.29 is 9.63 Å². The highest BCUT2D eigenvalue weighted by atomic mass is 16.7. The fourth-order valence-electron chi connectivity index (χ4n) is 3.96. The minimum Gasteiger partial charge on any atom is -0.372 e. The van der Waals surface area contributed by atoms with E-state index in [1.165, 1.54) is 25.7 Å². The highest BCUT2D eigenvalue weighted by Crippen LogP contribution is 2.31. The zero-order valence-corrected chi connectivity index (χ0v) is 14.4. The predicted octanol–water partition coefficient (Wildman–Crippen LogP) is 0.995. The molecule has 0 radical (unpaired) electrons. The number of likely N-dealkylation sites (tertiary alicyclic amines) is 1. The van der Waals surface area contributed by atoms with Crippen molar-refractivity contribution in [3.63, 3.8) is 0 Å². The number of imidazole rings is 1. The number of nitrogens with zero attached hydrogens (tertiary/aromatic N) is 3. The van der Waals surface area contributed by atoms with E-state index in [0.29, 0.717) is 19.0 Å². The van der Waals surface area contributed by atoms with Crippen LogP contribution in [0.3, 0.4) is 0 Å². The van der Waals surface area contributed by atoms with Gasteiger partial charge in [-0.1, -0.05) is 6.92 Å². The average Bonchev–Trinajstić information content (AvgIpc) is 3.21.